The van der Waals surface area contributed by atoms with Gasteiger partial charge < -0.3 is 15.6 Å². The SMILES string of the molecule is COc1cc2c(cc1[C@@H](N)CO)CCCC2. The summed E-state index contributed by atoms with van der Waals surface area (Å²) >= 11 is 0. The number of benzene rings is 1. The molecule has 0 saturated heterocycles. The highest BCUT2D eigenvalue weighted by atomic mass is 16.5. The Labute approximate surface area is 96.2 Å². The summed E-state index contributed by atoms with van der Waals surface area (Å²) in [5.74, 6) is 0.808. The standard InChI is InChI=1S/C13H19NO2/c1-16-13-7-10-5-3-2-4-9(10)6-11(13)12(14)8-15/h6-7,12,15H,2-5,8,14H2,1H3/t12-/m0/s1. The highest BCUT2D eigenvalue weighted by Crippen LogP contribution is 2.31. The van der Waals surface area contributed by atoms with Crippen molar-refractivity contribution in [1.29, 1.82) is 0 Å². The zero-order valence-electron chi connectivity index (χ0n) is 9.70. The highest BCUT2D eigenvalue weighted by Gasteiger charge is 2.17. The predicted molar refractivity (Wildman–Crippen MR) is 63.7 cm³/mol. The van der Waals surface area contributed by atoms with Crippen LogP contribution >= 0.6 is 0 Å². The van der Waals surface area contributed by atoms with Crippen molar-refractivity contribution in [3.8, 4) is 5.75 Å². The number of aliphatic hydroxyl groups is 1. The first-order valence-corrected chi connectivity index (χ1v) is 5.82. The Morgan fingerprint density at radius 2 is 1.94 bits per heavy atom. The van der Waals surface area contributed by atoms with E-state index in [9.17, 15) is 0 Å². The van der Waals surface area contributed by atoms with Gasteiger partial charge in [-0.05, 0) is 42.9 Å². The minimum Gasteiger partial charge on any atom is -0.496 e. The summed E-state index contributed by atoms with van der Waals surface area (Å²) in [6.45, 7) is -0.0465. The second kappa shape index (κ2) is 4.85. The van der Waals surface area contributed by atoms with Crippen molar-refractivity contribution in [1.82, 2.24) is 0 Å². The van der Waals surface area contributed by atoms with Crippen LogP contribution in [0.4, 0.5) is 0 Å². The van der Waals surface area contributed by atoms with Crippen molar-refractivity contribution in [3.63, 3.8) is 0 Å². The van der Waals surface area contributed by atoms with E-state index in [1.54, 1.807) is 7.11 Å². The Morgan fingerprint density at radius 1 is 1.31 bits per heavy atom. The van der Waals surface area contributed by atoms with Crippen molar-refractivity contribution < 1.29 is 9.84 Å². The maximum atomic E-state index is 9.13. The van der Waals surface area contributed by atoms with E-state index >= 15 is 0 Å². The zero-order chi connectivity index (χ0) is 11.5. The summed E-state index contributed by atoms with van der Waals surface area (Å²) in [7, 11) is 1.65. The van der Waals surface area contributed by atoms with Crippen molar-refractivity contribution in [2.45, 2.75) is 31.7 Å². The molecule has 0 radical (unpaired) electrons. The zero-order valence-corrected chi connectivity index (χ0v) is 9.70. The molecule has 88 valence electrons. The molecule has 1 aromatic rings. The van der Waals surface area contributed by atoms with E-state index in [1.807, 2.05) is 0 Å². The Morgan fingerprint density at radius 3 is 2.50 bits per heavy atom. The number of nitrogens with two attached hydrogens (primary N) is 1. The molecule has 1 aromatic carbocycles. The lowest BCUT2D eigenvalue weighted by Gasteiger charge is -2.21. The lowest BCUT2D eigenvalue weighted by Crippen LogP contribution is -2.17. The summed E-state index contributed by atoms with van der Waals surface area (Å²) in [5, 5.41) is 9.13. The summed E-state index contributed by atoms with van der Waals surface area (Å²) in [4.78, 5) is 0. The molecule has 0 fully saturated rings. The summed E-state index contributed by atoms with van der Waals surface area (Å²) in [6, 6.07) is 3.84. The van der Waals surface area contributed by atoms with Crippen molar-refractivity contribution in [2.24, 2.45) is 5.73 Å². The number of fused-ring (bicyclic) bond motifs is 1. The summed E-state index contributed by atoms with van der Waals surface area (Å²) < 4.78 is 5.34. The largest absolute Gasteiger partial charge is 0.496 e. The number of aryl methyl sites for hydroxylation is 2. The van der Waals surface area contributed by atoms with Crippen LogP contribution in [0.3, 0.4) is 0 Å². The first-order valence-electron chi connectivity index (χ1n) is 5.82. The molecule has 0 aliphatic heterocycles. The molecule has 0 saturated carbocycles. The first-order chi connectivity index (χ1) is 7.76. The van der Waals surface area contributed by atoms with E-state index in [2.05, 4.69) is 12.1 Å². The molecule has 0 bridgehead atoms. The number of rotatable bonds is 3. The fourth-order valence-corrected chi connectivity index (χ4v) is 2.35. The lowest BCUT2D eigenvalue weighted by atomic mass is 9.88. The van der Waals surface area contributed by atoms with Gasteiger partial charge in [0.2, 0.25) is 0 Å². The van der Waals surface area contributed by atoms with Gasteiger partial charge in [0, 0.05) is 5.56 Å². The van der Waals surface area contributed by atoms with E-state index in [4.69, 9.17) is 15.6 Å². The number of methoxy groups -OCH3 is 1. The third-order valence-electron chi connectivity index (χ3n) is 3.29. The quantitative estimate of drug-likeness (QED) is 0.814. The fourth-order valence-electron chi connectivity index (χ4n) is 2.35. The molecule has 3 heteroatoms. The second-order valence-electron chi connectivity index (χ2n) is 4.36. The van der Waals surface area contributed by atoms with Crippen LogP contribution in [0.15, 0.2) is 12.1 Å². The fraction of sp³-hybridized carbons (Fsp3) is 0.538. The maximum absolute atomic E-state index is 9.13. The van der Waals surface area contributed by atoms with Gasteiger partial charge in [0.1, 0.15) is 5.75 Å². The average Bonchev–Trinajstić information content (AvgIpc) is 2.36. The number of hydrogen-bond acceptors (Lipinski definition) is 3. The Hall–Kier alpha value is -1.06. The van der Waals surface area contributed by atoms with Crippen molar-refractivity contribution in [3.05, 3.63) is 28.8 Å². The molecule has 3 nitrogen and oxygen atoms in total. The second-order valence-corrected chi connectivity index (χ2v) is 4.36. The maximum Gasteiger partial charge on any atom is 0.124 e. The van der Waals surface area contributed by atoms with E-state index in [-0.39, 0.29) is 12.6 Å². The molecule has 0 amide bonds. The van der Waals surface area contributed by atoms with Gasteiger partial charge in [0.05, 0.1) is 19.8 Å². The molecule has 1 aliphatic carbocycles. The highest BCUT2D eigenvalue weighted by molar-refractivity contribution is 5.45. The van der Waals surface area contributed by atoms with Gasteiger partial charge in [-0.25, -0.2) is 0 Å². The molecule has 0 unspecified atom stereocenters. The molecule has 3 N–H and O–H groups in total. The Balaban J connectivity index is 2.43. The van der Waals surface area contributed by atoms with Gasteiger partial charge in [-0.2, -0.15) is 0 Å². The summed E-state index contributed by atoms with van der Waals surface area (Å²) in [6.07, 6.45) is 4.74. The molecule has 0 spiro atoms. The van der Waals surface area contributed by atoms with Crippen molar-refractivity contribution in [2.75, 3.05) is 13.7 Å². The molecule has 16 heavy (non-hydrogen) atoms. The minimum atomic E-state index is -0.345. The Kier molecular flexibility index (Phi) is 3.46. The Bertz CT molecular complexity index is 376. The van der Waals surface area contributed by atoms with E-state index in [1.165, 1.54) is 24.0 Å². The number of hydrogen-bond donors (Lipinski definition) is 2. The monoisotopic (exact) mass is 221 g/mol. The van der Waals surface area contributed by atoms with Gasteiger partial charge in [-0.3, -0.25) is 0 Å². The lowest BCUT2D eigenvalue weighted by molar-refractivity contribution is 0.264. The average molecular weight is 221 g/mol. The number of ether oxygens (including phenoxy) is 1. The van der Waals surface area contributed by atoms with Crippen LogP contribution in [0.1, 0.15) is 35.6 Å². The van der Waals surface area contributed by atoms with Crippen molar-refractivity contribution >= 4 is 0 Å². The van der Waals surface area contributed by atoms with Gasteiger partial charge in [0.25, 0.3) is 0 Å². The molecule has 0 aromatic heterocycles. The third kappa shape index (κ3) is 2.06. The topological polar surface area (TPSA) is 55.5 Å². The minimum absolute atomic E-state index is 0.0465. The molecule has 1 atom stereocenters. The molecular weight excluding hydrogens is 202 g/mol. The first kappa shape index (κ1) is 11.4. The van der Waals surface area contributed by atoms with Crippen LogP contribution in [0.5, 0.6) is 5.75 Å². The van der Waals surface area contributed by atoms with Gasteiger partial charge >= 0.3 is 0 Å². The smallest absolute Gasteiger partial charge is 0.124 e. The normalized spacial score (nSPS) is 16.7. The summed E-state index contributed by atoms with van der Waals surface area (Å²) in [5.41, 5.74) is 9.53. The van der Waals surface area contributed by atoms with Crippen LogP contribution in [0.25, 0.3) is 0 Å². The van der Waals surface area contributed by atoms with Crippen LogP contribution < -0.4 is 10.5 Å². The van der Waals surface area contributed by atoms with Gasteiger partial charge in [-0.1, -0.05) is 6.07 Å². The van der Waals surface area contributed by atoms with Crippen LogP contribution in [0, 0.1) is 0 Å². The van der Waals surface area contributed by atoms with E-state index in [0.717, 1.165) is 24.2 Å². The van der Waals surface area contributed by atoms with E-state index in [0.29, 0.717) is 0 Å². The number of aliphatic hydroxyl groups excluding tert-OH is 1. The molecular formula is C13H19NO2. The van der Waals surface area contributed by atoms with Crippen LogP contribution in [-0.4, -0.2) is 18.8 Å². The van der Waals surface area contributed by atoms with Crippen LogP contribution in [-0.2, 0) is 12.8 Å². The van der Waals surface area contributed by atoms with Gasteiger partial charge in [-0.15, -0.1) is 0 Å². The molecule has 1 aliphatic rings. The predicted octanol–water partition coefficient (Wildman–Crippen LogP) is 1.57. The molecule has 0 heterocycles. The van der Waals surface area contributed by atoms with E-state index < -0.39 is 0 Å². The molecule has 2 rings (SSSR count). The van der Waals surface area contributed by atoms with Gasteiger partial charge in [0.15, 0.2) is 0 Å². The van der Waals surface area contributed by atoms with Crippen LogP contribution in [0.2, 0.25) is 0 Å². The third-order valence-corrected chi connectivity index (χ3v) is 3.29.